The van der Waals surface area contributed by atoms with E-state index in [2.05, 4.69) is 69.0 Å². The molecule has 1 aliphatic rings. The van der Waals surface area contributed by atoms with Crippen LogP contribution in [-0.4, -0.2) is 65.5 Å². The summed E-state index contributed by atoms with van der Waals surface area (Å²) < 4.78 is 15.1. The Hall–Kier alpha value is -4.66. The Morgan fingerprint density at radius 2 is 2.00 bits per heavy atom. The highest BCUT2D eigenvalue weighted by molar-refractivity contribution is 6.31. The average molecular weight is 647 g/mol. The smallest absolute Gasteiger partial charge is 0.414 e. The molecule has 3 aromatic heterocycles. The topological polar surface area (TPSA) is 160 Å². The maximum atomic E-state index is 11.0. The fourth-order valence-corrected chi connectivity index (χ4v) is 5.49. The van der Waals surface area contributed by atoms with Crippen LogP contribution in [-0.2, 0) is 23.4 Å². The molecule has 0 fully saturated rings. The number of nitrogens with zero attached hydrogens (tertiary/aromatic N) is 8. The first kappa shape index (κ1) is 31.3. The molecule has 4 heterocycles. The second-order valence-electron chi connectivity index (χ2n) is 12.1. The standard InChI is InChI=1S/C31H35ClN10O4/c1-31(2,3)41-29(37-38-39-41)28(35-13-4-12-33-25-11-14-34-26-15-22(32)9-10-24(25)26)21-7-5-20(6-8-21)18-45-23-16-40-17-27(42(43)44)36-30(40)46-19-23/h5-11,14-15,17,23,28,35H,4,12-13,16,18-19H2,1-3H3,(H,33,34)/t23-,28?/m0/s1. The van der Waals surface area contributed by atoms with E-state index in [1.807, 2.05) is 41.1 Å². The molecule has 0 radical (unpaired) electrons. The number of aromatic nitrogens is 7. The third-order valence-corrected chi connectivity index (χ3v) is 7.86. The first-order valence-electron chi connectivity index (χ1n) is 15.0. The number of tetrazole rings is 1. The van der Waals surface area contributed by atoms with Crippen LogP contribution in [0.1, 0.15) is 50.2 Å². The Bertz CT molecular complexity index is 1820. The fourth-order valence-electron chi connectivity index (χ4n) is 5.32. The molecule has 240 valence electrons. The van der Waals surface area contributed by atoms with E-state index in [0.717, 1.165) is 46.5 Å². The maximum absolute atomic E-state index is 11.0. The normalized spacial score (nSPS) is 15.3. The molecule has 0 bridgehead atoms. The Labute approximate surface area is 270 Å². The summed E-state index contributed by atoms with van der Waals surface area (Å²) in [6.07, 6.45) is 3.74. The second-order valence-corrected chi connectivity index (χ2v) is 12.5. The zero-order valence-electron chi connectivity index (χ0n) is 25.8. The van der Waals surface area contributed by atoms with E-state index in [0.29, 0.717) is 24.7 Å². The largest absolute Gasteiger partial charge is 0.443 e. The van der Waals surface area contributed by atoms with Gasteiger partial charge in [0, 0.05) is 33.8 Å². The number of halogens is 1. The van der Waals surface area contributed by atoms with Gasteiger partial charge in [0.25, 0.3) is 0 Å². The number of ether oxygens (including phenoxy) is 2. The SMILES string of the molecule is CC(C)(C)n1nnnc1C(NCCCNc1ccnc2cc(Cl)ccc12)c1ccc(CO[C@@H]2COc3nc([N+](=O)[O-])cn3C2)cc1. The molecule has 46 heavy (non-hydrogen) atoms. The molecule has 0 saturated carbocycles. The van der Waals surface area contributed by atoms with Crippen molar-refractivity contribution in [3.8, 4) is 6.01 Å². The zero-order chi connectivity index (χ0) is 32.3. The minimum atomic E-state index is -0.535. The first-order valence-corrected chi connectivity index (χ1v) is 15.4. The second kappa shape index (κ2) is 13.4. The van der Waals surface area contributed by atoms with Gasteiger partial charge in [0.2, 0.25) is 0 Å². The van der Waals surface area contributed by atoms with Crippen molar-refractivity contribution in [3.05, 3.63) is 93.0 Å². The first-order chi connectivity index (χ1) is 22.2. The van der Waals surface area contributed by atoms with Gasteiger partial charge >= 0.3 is 11.8 Å². The quantitative estimate of drug-likeness (QED) is 0.108. The van der Waals surface area contributed by atoms with E-state index in [4.69, 9.17) is 21.1 Å². The van der Waals surface area contributed by atoms with Gasteiger partial charge in [-0.1, -0.05) is 35.9 Å². The lowest BCUT2D eigenvalue weighted by Crippen LogP contribution is -2.33. The summed E-state index contributed by atoms with van der Waals surface area (Å²) in [5, 5.41) is 32.6. The fraction of sp³-hybridized carbons (Fsp3) is 0.387. The zero-order valence-corrected chi connectivity index (χ0v) is 26.5. The molecule has 14 nitrogen and oxygen atoms in total. The predicted molar refractivity (Wildman–Crippen MR) is 172 cm³/mol. The van der Waals surface area contributed by atoms with Gasteiger partial charge < -0.3 is 30.2 Å². The van der Waals surface area contributed by atoms with E-state index in [1.54, 1.807) is 10.8 Å². The van der Waals surface area contributed by atoms with Crippen molar-refractivity contribution in [1.29, 1.82) is 0 Å². The van der Waals surface area contributed by atoms with Crippen molar-refractivity contribution in [2.24, 2.45) is 0 Å². The van der Waals surface area contributed by atoms with Crippen molar-refractivity contribution in [1.82, 2.24) is 40.1 Å². The van der Waals surface area contributed by atoms with Crippen LogP contribution < -0.4 is 15.4 Å². The van der Waals surface area contributed by atoms with E-state index in [9.17, 15) is 10.1 Å². The molecule has 5 aromatic rings. The number of hydrogen-bond acceptors (Lipinski definition) is 11. The highest BCUT2D eigenvalue weighted by Crippen LogP contribution is 2.27. The van der Waals surface area contributed by atoms with Crippen molar-refractivity contribution < 1.29 is 14.4 Å². The lowest BCUT2D eigenvalue weighted by atomic mass is 10.0. The number of benzene rings is 2. The van der Waals surface area contributed by atoms with Gasteiger partial charge in [-0.05, 0) is 84.5 Å². The summed E-state index contributed by atoms with van der Waals surface area (Å²) in [6.45, 7) is 8.73. The lowest BCUT2D eigenvalue weighted by molar-refractivity contribution is -0.389. The van der Waals surface area contributed by atoms with Crippen molar-refractivity contribution >= 4 is 34.0 Å². The maximum Gasteiger partial charge on any atom is 0.414 e. The van der Waals surface area contributed by atoms with Crippen molar-refractivity contribution in [3.63, 3.8) is 0 Å². The third-order valence-electron chi connectivity index (χ3n) is 7.62. The molecular weight excluding hydrogens is 612 g/mol. The number of hydrogen-bond donors (Lipinski definition) is 2. The molecule has 0 aliphatic carbocycles. The summed E-state index contributed by atoms with van der Waals surface area (Å²) in [6, 6.07) is 15.8. The number of nitrogens with one attached hydrogen (secondary N) is 2. The summed E-state index contributed by atoms with van der Waals surface area (Å²) >= 11 is 6.14. The summed E-state index contributed by atoms with van der Waals surface area (Å²) in [4.78, 5) is 18.8. The van der Waals surface area contributed by atoms with E-state index in [-0.39, 0.29) is 36.1 Å². The molecule has 0 amide bonds. The number of imidazole rings is 1. The van der Waals surface area contributed by atoms with Crippen LogP contribution in [0.3, 0.4) is 0 Å². The molecule has 2 atom stereocenters. The van der Waals surface area contributed by atoms with Gasteiger partial charge in [0.1, 0.15) is 18.9 Å². The minimum Gasteiger partial charge on any atom is -0.443 e. The van der Waals surface area contributed by atoms with Gasteiger partial charge in [-0.2, -0.15) is 0 Å². The summed E-state index contributed by atoms with van der Waals surface area (Å²) in [7, 11) is 0. The Balaban J connectivity index is 1.09. The number of rotatable bonds is 12. The molecule has 1 aliphatic heterocycles. The Kier molecular flexibility index (Phi) is 9.10. The van der Waals surface area contributed by atoms with E-state index in [1.165, 1.54) is 6.20 Å². The number of nitro groups is 1. The highest BCUT2D eigenvalue weighted by Gasteiger charge is 2.29. The van der Waals surface area contributed by atoms with Crippen molar-refractivity contribution in [2.75, 3.05) is 25.0 Å². The van der Waals surface area contributed by atoms with Crippen LogP contribution in [0.2, 0.25) is 5.02 Å². The van der Waals surface area contributed by atoms with Crippen LogP contribution in [0.25, 0.3) is 10.9 Å². The number of pyridine rings is 1. The average Bonchev–Trinajstić information content (AvgIpc) is 3.70. The number of anilines is 1. The summed E-state index contributed by atoms with van der Waals surface area (Å²) in [5.74, 6) is 0.488. The van der Waals surface area contributed by atoms with E-state index >= 15 is 0 Å². The lowest BCUT2D eigenvalue weighted by Gasteiger charge is -2.25. The summed E-state index contributed by atoms with van der Waals surface area (Å²) in [5.41, 5.74) is 3.56. The van der Waals surface area contributed by atoms with E-state index < -0.39 is 4.92 Å². The van der Waals surface area contributed by atoms with Gasteiger partial charge in [-0.25, -0.2) is 4.68 Å². The minimum absolute atomic E-state index is 0.235. The predicted octanol–water partition coefficient (Wildman–Crippen LogP) is 4.89. The van der Waals surface area contributed by atoms with Crippen LogP contribution in [0.15, 0.2) is 60.9 Å². The molecule has 0 spiro atoms. The van der Waals surface area contributed by atoms with Crippen molar-refractivity contribution in [2.45, 2.75) is 58.0 Å². The molecule has 6 rings (SSSR count). The molecule has 2 aromatic carbocycles. The Morgan fingerprint density at radius 3 is 2.78 bits per heavy atom. The third kappa shape index (κ3) is 7.09. The molecule has 0 saturated heterocycles. The molecular formula is C31H35ClN10O4. The van der Waals surface area contributed by atoms with Crippen LogP contribution in [0.4, 0.5) is 11.5 Å². The molecule has 1 unspecified atom stereocenters. The van der Waals surface area contributed by atoms with Crippen LogP contribution >= 0.6 is 11.6 Å². The van der Waals surface area contributed by atoms with Crippen LogP contribution in [0, 0.1) is 10.1 Å². The highest BCUT2D eigenvalue weighted by atomic mass is 35.5. The van der Waals surface area contributed by atoms with Gasteiger partial charge in [-0.15, -0.1) is 5.10 Å². The molecule has 2 N–H and O–H groups in total. The van der Waals surface area contributed by atoms with Crippen LogP contribution in [0.5, 0.6) is 6.01 Å². The number of fused-ring (bicyclic) bond motifs is 2. The van der Waals surface area contributed by atoms with Gasteiger partial charge in [0.05, 0.1) is 30.2 Å². The van der Waals surface area contributed by atoms with Gasteiger partial charge in [0.15, 0.2) is 5.82 Å². The monoisotopic (exact) mass is 646 g/mol. The molecule has 15 heteroatoms. The van der Waals surface area contributed by atoms with Gasteiger partial charge in [-0.3, -0.25) is 9.55 Å². The Morgan fingerprint density at radius 1 is 1.17 bits per heavy atom.